The van der Waals surface area contributed by atoms with Crippen LogP contribution in [-0.2, 0) is 4.79 Å². The SMILES string of the molecule is CCOc1cc([C@@H](NC(C)=O)c2cc([N+](=O)[O-])c3cccnc3c2[O-])ccc1O. The lowest BCUT2D eigenvalue weighted by Gasteiger charge is -2.25. The molecule has 0 spiro atoms. The summed E-state index contributed by atoms with van der Waals surface area (Å²) in [7, 11) is 0. The Hall–Kier alpha value is -3.88. The molecule has 0 bridgehead atoms. The number of rotatable bonds is 6. The van der Waals surface area contributed by atoms with Gasteiger partial charge in [-0.2, -0.15) is 0 Å². The average molecular weight is 396 g/mol. The van der Waals surface area contributed by atoms with Crippen LogP contribution in [0.5, 0.6) is 17.2 Å². The highest BCUT2D eigenvalue weighted by atomic mass is 16.6. The number of amides is 1. The Morgan fingerprint density at radius 2 is 2.10 bits per heavy atom. The number of nitro groups is 1. The predicted molar refractivity (Wildman–Crippen MR) is 103 cm³/mol. The van der Waals surface area contributed by atoms with E-state index in [0.717, 1.165) is 6.07 Å². The molecule has 150 valence electrons. The van der Waals surface area contributed by atoms with Gasteiger partial charge in [-0.05, 0) is 42.3 Å². The van der Waals surface area contributed by atoms with E-state index in [2.05, 4.69) is 10.3 Å². The minimum Gasteiger partial charge on any atom is -0.871 e. The molecule has 9 heteroatoms. The van der Waals surface area contributed by atoms with Crippen LogP contribution in [0.1, 0.15) is 31.0 Å². The van der Waals surface area contributed by atoms with Crippen LogP contribution in [0.25, 0.3) is 10.9 Å². The number of carbonyl (C=O) groups is 1. The number of non-ortho nitro benzene ring substituents is 1. The van der Waals surface area contributed by atoms with Crippen molar-refractivity contribution in [3.63, 3.8) is 0 Å². The van der Waals surface area contributed by atoms with Gasteiger partial charge in [0.1, 0.15) is 0 Å². The molecule has 0 aliphatic carbocycles. The van der Waals surface area contributed by atoms with Gasteiger partial charge in [0.25, 0.3) is 5.69 Å². The lowest BCUT2D eigenvalue weighted by molar-refractivity contribution is -0.383. The van der Waals surface area contributed by atoms with Crippen molar-refractivity contribution in [2.75, 3.05) is 6.61 Å². The monoisotopic (exact) mass is 396 g/mol. The van der Waals surface area contributed by atoms with Crippen LogP contribution in [0.2, 0.25) is 0 Å². The van der Waals surface area contributed by atoms with Gasteiger partial charge in [0.05, 0.1) is 28.5 Å². The van der Waals surface area contributed by atoms with Crippen molar-refractivity contribution in [3.8, 4) is 17.2 Å². The van der Waals surface area contributed by atoms with E-state index in [4.69, 9.17) is 4.74 Å². The highest BCUT2D eigenvalue weighted by Gasteiger charge is 2.24. The standard InChI is InChI=1S/C20H19N3O6/c1-3-29-17-9-12(6-7-16(17)25)18(22-11(2)24)14-10-15(23(27)28)13-5-4-8-21-19(13)20(14)26/h4-10,18,25-26H,3H2,1-2H3,(H,22,24)/p-1/t18-/m1/s1. The molecular formula is C20H18N3O6-. The van der Waals surface area contributed by atoms with Crippen LogP contribution in [0, 0.1) is 10.1 Å². The third-order valence-corrected chi connectivity index (χ3v) is 4.33. The zero-order chi connectivity index (χ0) is 21.1. The van der Waals surface area contributed by atoms with Crippen LogP contribution in [0.3, 0.4) is 0 Å². The molecule has 1 heterocycles. The first-order chi connectivity index (χ1) is 13.8. The van der Waals surface area contributed by atoms with E-state index in [1.807, 2.05) is 0 Å². The van der Waals surface area contributed by atoms with E-state index < -0.39 is 22.6 Å². The molecule has 0 radical (unpaired) electrons. The van der Waals surface area contributed by atoms with Crippen molar-refractivity contribution >= 4 is 22.5 Å². The van der Waals surface area contributed by atoms with E-state index >= 15 is 0 Å². The zero-order valence-electron chi connectivity index (χ0n) is 15.7. The first-order valence-corrected chi connectivity index (χ1v) is 8.79. The molecule has 1 aromatic heterocycles. The number of fused-ring (bicyclic) bond motifs is 1. The minimum atomic E-state index is -0.995. The maximum absolute atomic E-state index is 13.1. The van der Waals surface area contributed by atoms with Crippen LogP contribution in [0.15, 0.2) is 42.6 Å². The summed E-state index contributed by atoms with van der Waals surface area (Å²) in [6, 6.07) is 7.47. The fraction of sp³-hybridized carbons (Fsp3) is 0.200. The maximum Gasteiger partial charge on any atom is 0.279 e. The molecule has 1 atom stereocenters. The van der Waals surface area contributed by atoms with Gasteiger partial charge < -0.3 is 20.3 Å². The largest absolute Gasteiger partial charge is 0.871 e. The van der Waals surface area contributed by atoms with Crippen molar-refractivity contribution in [2.45, 2.75) is 19.9 Å². The molecule has 9 nitrogen and oxygen atoms in total. The van der Waals surface area contributed by atoms with E-state index in [9.17, 15) is 25.1 Å². The third-order valence-electron chi connectivity index (χ3n) is 4.33. The number of ether oxygens (including phenoxy) is 1. The van der Waals surface area contributed by atoms with Crippen LogP contribution in [-0.4, -0.2) is 27.5 Å². The van der Waals surface area contributed by atoms with Gasteiger partial charge in [-0.15, -0.1) is 0 Å². The second kappa shape index (κ2) is 8.01. The summed E-state index contributed by atoms with van der Waals surface area (Å²) in [5, 5.41) is 37.3. The van der Waals surface area contributed by atoms with E-state index in [1.54, 1.807) is 6.92 Å². The van der Waals surface area contributed by atoms with Crippen molar-refractivity contribution in [2.24, 2.45) is 0 Å². The molecule has 3 aromatic rings. The molecule has 0 saturated heterocycles. The normalized spacial score (nSPS) is 11.8. The van der Waals surface area contributed by atoms with Crippen LogP contribution >= 0.6 is 0 Å². The molecule has 0 fully saturated rings. The summed E-state index contributed by atoms with van der Waals surface area (Å²) in [5.41, 5.74) is 0.0621. The maximum atomic E-state index is 13.1. The van der Waals surface area contributed by atoms with E-state index in [0.29, 0.717) is 12.2 Å². The van der Waals surface area contributed by atoms with Gasteiger partial charge in [0.15, 0.2) is 11.5 Å². The molecule has 0 saturated carbocycles. The molecule has 2 N–H and O–H groups in total. The minimum absolute atomic E-state index is 0.00811. The summed E-state index contributed by atoms with van der Waals surface area (Å²) >= 11 is 0. The van der Waals surface area contributed by atoms with Gasteiger partial charge >= 0.3 is 0 Å². The van der Waals surface area contributed by atoms with Crippen LogP contribution in [0.4, 0.5) is 5.69 Å². The number of nitro benzene ring substituents is 1. The average Bonchev–Trinajstić information content (AvgIpc) is 2.68. The van der Waals surface area contributed by atoms with Gasteiger partial charge in [0.2, 0.25) is 5.91 Å². The first kappa shape index (κ1) is 19.9. The summed E-state index contributed by atoms with van der Waals surface area (Å²) in [5.74, 6) is -0.910. The summed E-state index contributed by atoms with van der Waals surface area (Å²) in [6.45, 7) is 3.31. The smallest absolute Gasteiger partial charge is 0.279 e. The first-order valence-electron chi connectivity index (χ1n) is 8.79. The highest BCUT2D eigenvalue weighted by Crippen LogP contribution is 2.39. The summed E-state index contributed by atoms with van der Waals surface area (Å²) in [6.07, 6.45) is 1.37. The Bertz CT molecular complexity index is 1100. The third kappa shape index (κ3) is 3.88. The van der Waals surface area contributed by atoms with Crippen molar-refractivity contribution in [1.29, 1.82) is 0 Å². The van der Waals surface area contributed by atoms with Crippen molar-refractivity contribution in [3.05, 3.63) is 63.8 Å². The van der Waals surface area contributed by atoms with E-state index in [1.165, 1.54) is 43.5 Å². The molecule has 3 rings (SSSR count). The van der Waals surface area contributed by atoms with E-state index in [-0.39, 0.29) is 33.7 Å². The Labute approximate surface area is 165 Å². The summed E-state index contributed by atoms with van der Waals surface area (Å²) < 4.78 is 5.37. The molecule has 29 heavy (non-hydrogen) atoms. The number of phenols is 1. The molecule has 0 unspecified atom stereocenters. The lowest BCUT2D eigenvalue weighted by Crippen LogP contribution is -2.28. The van der Waals surface area contributed by atoms with Crippen molar-refractivity contribution in [1.82, 2.24) is 10.3 Å². The number of carbonyl (C=O) groups excluding carboxylic acids is 1. The highest BCUT2D eigenvalue weighted by molar-refractivity contribution is 5.93. The second-order valence-corrected chi connectivity index (χ2v) is 6.26. The molecular weight excluding hydrogens is 378 g/mol. The Kier molecular flexibility index (Phi) is 5.49. The number of nitrogens with zero attached hydrogens (tertiary/aromatic N) is 2. The number of aromatic hydroxyl groups is 1. The Morgan fingerprint density at radius 1 is 1.34 bits per heavy atom. The van der Waals surface area contributed by atoms with Gasteiger partial charge in [0, 0.05) is 19.2 Å². The number of pyridine rings is 1. The van der Waals surface area contributed by atoms with Gasteiger partial charge in [-0.3, -0.25) is 19.9 Å². The number of nitrogens with one attached hydrogen (secondary N) is 1. The second-order valence-electron chi connectivity index (χ2n) is 6.26. The number of hydrogen-bond acceptors (Lipinski definition) is 7. The van der Waals surface area contributed by atoms with Crippen molar-refractivity contribution < 1.29 is 24.7 Å². The molecule has 0 aliphatic rings. The zero-order valence-corrected chi connectivity index (χ0v) is 15.7. The van der Waals surface area contributed by atoms with Gasteiger partial charge in [-0.25, -0.2) is 0 Å². The Morgan fingerprint density at radius 3 is 2.76 bits per heavy atom. The number of aromatic nitrogens is 1. The molecule has 1 amide bonds. The fourth-order valence-corrected chi connectivity index (χ4v) is 3.11. The van der Waals surface area contributed by atoms with Gasteiger partial charge in [-0.1, -0.05) is 11.8 Å². The Balaban J connectivity index is 2.26. The molecule has 2 aromatic carbocycles. The quantitative estimate of drug-likeness (QED) is 0.482. The number of benzene rings is 2. The number of hydrogen-bond donors (Lipinski definition) is 2. The van der Waals surface area contributed by atoms with Crippen LogP contribution < -0.4 is 15.2 Å². The molecule has 0 aliphatic heterocycles. The summed E-state index contributed by atoms with van der Waals surface area (Å²) in [4.78, 5) is 26.8. The lowest BCUT2D eigenvalue weighted by atomic mass is 9.95. The fourth-order valence-electron chi connectivity index (χ4n) is 3.11. The topological polar surface area (TPSA) is 138 Å². The predicted octanol–water partition coefficient (Wildman–Crippen LogP) is 2.55. The number of phenolic OH excluding ortho intramolecular Hbond substituents is 1.